The van der Waals surface area contributed by atoms with Gasteiger partial charge in [-0.15, -0.1) is 0 Å². The second-order valence-electron chi connectivity index (χ2n) is 10.2. The Morgan fingerprint density at radius 1 is 1.15 bits per heavy atom. The Balaban J connectivity index is 1.48. The monoisotopic (exact) mass is 583 g/mol. The first-order valence-corrected chi connectivity index (χ1v) is 14.5. The van der Waals surface area contributed by atoms with E-state index in [1.54, 1.807) is 11.0 Å². The summed E-state index contributed by atoms with van der Waals surface area (Å²) in [4.78, 5) is 23.7. The van der Waals surface area contributed by atoms with Crippen molar-refractivity contribution in [3.8, 4) is 0 Å². The fourth-order valence-corrected chi connectivity index (χ4v) is 4.90. The van der Waals surface area contributed by atoms with E-state index in [0.29, 0.717) is 17.1 Å². The van der Waals surface area contributed by atoms with Gasteiger partial charge in [0.05, 0.1) is 29.7 Å². The van der Waals surface area contributed by atoms with Gasteiger partial charge < -0.3 is 20.3 Å². The Labute approximate surface area is 239 Å². The lowest BCUT2D eigenvalue weighted by Crippen LogP contribution is -2.38. The van der Waals surface area contributed by atoms with Gasteiger partial charge in [-0.25, -0.2) is 22.6 Å². The highest BCUT2D eigenvalue weighted by atomic mass is 32.2. The number of halogens is 1. The number of aromatic nitrogens is 2. The Hall–Kier alpha value is -4.39. The topological polar surface area (TPSA) is 129 Å². The molecule has 2 atom stereocenters. The Bertz CT molecular complexity index is 1530. The second kappa shape index (κ2) is 12.0. The minimum atomic E-state index is -3.68. The number of hydrogen-bond donors (Lipinski definition) is 3. The summed E-state index contributed by atoms with van der Waals surface area (Å²) < 4.78 is 46.5. The summed E-state index contributed by atoms with van der Waals surface area (Å²) in [6.45, 7) is 9.29. The summed E-state index contributed by atoms with van der Waals surface area (Å²) in [7, 11) is -0.0387. The molecule has 0 aliphatic carbocycles. The highest BCUT2D eigenvalue weighted by Gasteiger charge is 2.38. The van der Waals surface area contributed by atoms with Crippen LogP contribution in [-0.4, -0.2) is 51.2 Å². The quantitative estimate of drug-likeness (QED) is 0.269. The Morgan fingerprint density at radius 3 is 2.46 bits per heavy atom. The summed E-state index contributed by atoms with van der Waals surface area (Å²) in [5, 5.41) is 7.30. The molecule has 0 radical (unpaired) electrons. The number of ether oxygens (including phenoxy) is 1. The predicted octanol–water partition coefficient (Wildman–Crippen LogP) is 5.46. The van der Waals surface area contributed by atoms with Crippen molar-refractivity contribution in [1.82, 2.24) is 9.97 Å². The number of carbonyl (C=O) groups excluding carboxylic acids is 1. The van der Waals surface area contributed by atoms with Crippen LogP contribution in [-0.2, 0) is 14.8 Å². The van der Waals surface area contributed by atoms with Crippen molar-refractivity contribution in [2.75, 3.05) is 45.9 Å². The van der Waals surface area contributed by atoms with Crippen LogP contribution < -0.4 is 25.2 Å². The maximum atomic E-state index is 14.7. The summed E-state index contributed by atoms with van der Waals surface area (Å²) in [6.07, 6.45) is 0.406. The number of amides is 1. The molecule has 218 valence electrons. The van der Waals surface area contributed by atoms with Crippen LogP contribution in [0.15, 0.2) is 60.6 Å². The molecule has 1 saturated heterocycles. The van der Waals surface area contributed by atoms with Crippen LogP contribution >= 0.6 is 0 Å². The van der Waals surface area contributed by atoms with Gasteiger partial charge in [0, 0.05) is 30.9 Å². The van der Waals surface area contributed by atoms with Crippen LogP contribution in [0.25, 0.3) is 0 Å². The lowest BCUT2D eigenvalue weighted by atomic mass is 10.0. The molecule has 4 rings (SSSR count). The van der Waals surface area contributed by atoms with E-state index in [4.69, 9.17) is 4.74 Å². The summed E-state index contributed by atoms with van der Waals surface area (Å²) in [5.74, 6) is -0.603. The lowest BCUT2D eigenvalue weighted by Gasteiger charge is -2.24. The van der Waals surface area contributed by atoms with Gasteiger partial charge in [0.15, 0.2) is 11.6 Å². The van der Waals surface area contributed by atoms with Gasteiger partial charge in [-0.05, 0) is 48.7 Å². The average Bonchev–Trinajstić information content (AvgIpc) is 3.31. The summed E-state index contributed by atoms with van der Waals surface area (Å²) in [5.41, 5.74) is 3.49. The molecule has 41 heavy (non-hydrogen) atoms. The molecule has 1 aliphatic rings. The van der Waals surface area contributed by atoms with Gasteiger partial charge in [-0.1, -0.05) is 32.6 Å². The molecular weight excluding hydrogens is 549 g/mol. The lowest BCUT2D eigenvalue weighted by molar-refractivity contribution is 0.177. The fourth-order valence-electron chi connectivity index (χ4n) is 4.35. The minimum Gasteiger partial charge on any atom is -0.447 e. The van der Waals surface area contributed by atoms with Crippen molar-refractivity contribution in [3.63, 3.8) is 0 Å². The minimum absolute atomic E-state index is 0.0484. The Morgan fingerprint density at radius 2 is 1.83 bits per heavy atom. The first-order chi connectivity index (χ1) is 19.4. The maximum Gasteiger partial charge on any atom is 0.416 e. The van der Waals surface area contributed by atoms with Crippen LogP contribution in [0.2, 0.25) is 0 Å². The van der Waals surface area contributed by atoms with Crippen LogP contribution in [0.3, 0.4) is 0 Å². The molecule has 13 heteroatoms. The van der Waals surface area contributed by atoms with Gasteiger partial charge in [0.25, 0.3) is 10.0 Å². The first-order valence-electron chi connectivity index (χ1n) is 13.0. The van der Waals surface area contributed by atoms with Gasteiger partial charge in [-0.2, -0.15) is 4.98 Å². The molecule has 0 saturated carbocycles. The molecule has 0 spiro atoms. The summed E-state index contributed by atoms with van der Waals surface area (Å²) >= 11 is 0. The van der Waals surface area contributed by atoms with Crippen molar-refractivity contribution in [1.29, 1.82) is 0 Å². The molecule has 1 aliphatic heterocycles. The second-order valence-corrected chi connectivity index (χ2v) is 11.8. The number of hydrogen-bond acceptors (Lipinski definition) is 9. The molecule has 0 unspecified atom stereocenters. The van der Waals surface area contributed by atoms with Gasteiger partial charge in [0.2, 0.25) is 5.95 Å². The number of anilines is 6. The van der Waals surface area contributed by atoms with Gasteiger partial charge >= 0.3 is 6.09 Å². The zero-order valence-corrected chi connectivity index (χ0v) is 24.4. The van der Waals surface area contributed by atoms with Gasteiger partial charge in [0.1, 0.15) is 6.61 Å². The van der Waals surface area contributed by atoms with Crippen molar-refractivity contribution in [3.05, 3.63) is 72.0 Å². The van der Waals surface area contributed by atoms with Crippen molar-refractivity contribution >= 4 is 50.6 Å². The van der Waals surface area contributed by atoms with E-state index in [1.165, 1.54) is 4.90 Å². The van der Waals surface area contributed by atoms with E-state index < -0.39 is 21.9 Å². The normalized spacial score (nSPS) is 15.8. The number of nitrogens with one attached hydrogen (secondary N) is 3. The molecule has 11 nitrogen and oxygen atoms in total. The van der Waals surface area contributed by atoms with Crippen molar-refractivity contribution in [2.45, 2.75) is 32.9 Å². The molecular formula is C28H34FN7O4S. The third kappa shape index (κ3) is 6.85. The SMILES string of the molecule is C=CS(=O)(=O)Nc1cc(Nc2ccc([C@H](C)Nc3ncc(F)c(N4C(=O)OC[C@@H]4C(C)C)n3)cc2)ccc1N(C)C. The number of nitrogens with zero attached hydrogens (tertiary/aromatic N) is 4. The van der Waals surface area contributed by atoms with E-state index in [9.17, 15) is 17.6 Å². The van der Waals surface area contributed by atoms with E-state index >= 15 is 0 Å². The maximum absolute atomic E-state index is 14.7. The largest absolute Gasteiger partial charge is 0.447 e. The highest BCUT2D eigenvalue weighted by molar-refractivity contribution is 7.95. The molecule has 1 aromatic heterocycles. The molecule has 1 amide bonds. The zero-order valence-electron chi connectivity index (χ0n) is 23.6. The number of benzene rings is 2. The Kier molecular flexibility index (Phi) is 8.66. The van der Waals surface area contributed by atoms with E-state index in [1.807, 2.05) is 71.3 Å². The van der Waals surface area contributed by atoms with Crippen LogP contribution in [0, 0.1) is 11.7 Å². The van der Waals surface area contributed by atoms with E-state index in [2.05, 4.69) is 31.9 Å². The smallest absolute Gasteiger partial charge is 0.416 e. The molecule has 3 aromatic rings. The number of carbonyl (C=O) groups is 1. The molecule has 2 heterocycles. The average molecular weight is 584 g/mol. The number of cyclic esters (lactones) is 1. The fraction of sp³-hybridized carbons (Fsp3) is 0.321. The zero-order chi connectivity index (χ0) is 29.9. The first kappa shape index (κ1) is 29.6. The standard InChI is InChI=1S/C28H34FN7O4S/c1-7-41(38,39)34-23-14-21(12-13-24(23)35(5)6)32-20-10-8-19(9-11-20)18(4)31-27-30-15-22(29)26(33-27)36-25(17(2)3)16-40-28(36)37/h7-15,17-18,25,32,34H,1,16H2,2-6H3,(H,30,31,33)/t18-,25+/m0/s1. The third-order valence-electron chi connectivity index (χ3n) is 6.62. The molecule has 1 fully saturated rings. The summed E-state index contributed by atoms with van der Waals surface area (Å²) in [6, 6.07) is 12.4. The highest BCUT2D eigenvalue weighted by Crippen LogP contribution is 2.32. The van der Waals surface area contributed by atoms with Crippen molar-refractivity contribution < 1.29 is 22.3 Å². The van der Waals surface area contributed by atoms with Gasteiger partial charge in [-0.3, -0.25) is 9.62 Å². The number of sulfonamides is 1. The molecule has 2 aromatic carbocycles. The van der Waals surface area contributed by atoms with Crippen LogP contribution in [0.5, 0.6) is 0 Å². The van der Waals surface area contributed by atoms with E-state index in [-0.39, 0.29) is 36.4 Å². The number of rotatable bonds is 11. The molecule has 0 bridgehead atoms. The van der Waals surface area contributed by atoms with Crippen molar-refractivity contribution in [2.24, 2.45) is 5.92 Å². The third-order valence-corrected chi connectivity index (χ3v) is 7.57. The van der Waals surface area contributed by atoms with Crippen LogP contribution in [0.4, 0.5) is 43.7 Å². The van der Waals surface area contributed by atoms with E-state index in [0.717, 1.165) is 22.9 Å². The van der Waals surface area contributed by atoms with Crippen LogP contribution in [0.1, 0.15) is 32.4 Å². The molecule has 3 N–H and O–H groups in total. The predicted molar refractivity (Wildman–Crippen MR) is 160 cm³/mol.